The van der Waals surface area contributed by atoms with E-state index in [2.05, 4.69) is 30.4 Å². The van der Waals surface area contributed by atoms with Crippen LogP contribution in [0.4, 0.5) is 0 Å². The van der Waals surface area contributed by atoms with Crippen molar-refractivity contribution in [1.82, 2.24) is 9.80 Å². The van der Waals surface area contributed by atoms with Crippen LogP contribution < -0.4 is 0 Å². The molecule has 2 heteroatoms. The maximum atomic E-state index is 4.03. The van der Waals surface area contributed by atoms with Crippen molar-refractivity contribution in [3.8, 4) is 0 Å². The number of hydrogen-bond donors (Lipinski definition) is 0. The molecule has 0 bridgehead atoms. The summed E-state index contributed by atoms with van der Waals surface area (Å²) in [5, 5.41) is 0. The fourth-order valence-corrected chi connectivity index (χ4v) is 1.35. The predicted molar refractivity (Wildman–Crippen MR) is 48.5 cm³/mol. The molecule has 0 aromatic carbocycles. The van der Waals surface area contributed by atoms with E-state index in [-0.39, 0.29) is 0 Å². The highest BCUT2D eigenvalue weighted by atomic mass is 15.2. The Kier molecular flexibility index (Phi) is 2.94. The third kappa shape index (κ3) is 2.22. The van der Waals surface area contributed by atoms with Crippen LogP contribution in [0.15, 0.2) is 12.3 Å². The highest BCUT2D eigenvalue weighted by molar-refractivity contribution is 4.94. The van der Waals surface area contributed by atoms with Gasteiger partial charge in [0.2, 0.25) is 0 Å². The number of nitrogens with zero attached hydrogens (tertiary/aromatic N) is 2. The topological polar surface area (TPSA) is 6.48 Å². The number of allylic oxidation sites excluding steroid dienone is 1. The summed E-state index contributed by atoms with van der Waals surface area (Å²) < 4.78 is 0. The van der Waals surface area contributed by atoms with Gasteiger partial charge in [-0.25, -0.2) is 0 Å². The molecule has 11 heavy (non-hydrogen) atoms. The molecule has 0 aliphatic carbocycles. The molecule has 1 saturated heterocycles. The quantitative estimate of drug-likeness (QED) is 0.589. The third-order valence-electron chi connectivity index (χ3n) is 2.36. The van der Waals surface area contributed by atoms with Crippen molar-refractivity contribution >= 4 is 0 Å². The molecule has 1 heterocycles. The van der Waals surface area contributed by atoms with Gasteiger partial charge in [-0.3, -0.25) is 0 Å². The highest BCUT2D eigenvalue weighted by Gasteiger charge is 2.13. The van der Waals surface area contributed by atoms with E-state index in [1.54, 1.807) is 0 Å². The van der Waals surface area contributed by atoms with E-state index in [1.165, 1.54) is 18.8 Å². The molecule has 1 aliphatic heterocycles. The minimum absolute atomic E-state index is 1.09. The van der Waals surface area contributed by atoms with Crippen LogP contribution in [0.25, 0.3) is 0 Å². The first-order valence-electron chi connectivity index (χ1n) is 4.35. The molecule has 0 unspecified atom stereocenters. The molecule has 0 atom stereocenters. The zero-order valence-corrected chi connectivity index (χ0v) is 7.64. The van der Waals surface area contributed by atoms with Gasteiger partial charge in [-0.15, -0.1) is 0 Å². The summed E-state index contributed by atoms with van der Waals surface area (Å²) >= 11 is 0. The molecule has 2 nitrogen and oxygen atoms in total. The smallest absolute Gasteiger partial charge is 0.0303 e. The molecule has 64 valence electrons. The van der Waals surface area contributed by atoms with Crippen molar-refractivity contribution < 1.29 is 0 Å². The van der Waals surface area contributed by atoms with Gasteiger partial charge in [0.1, 0.15) is 0 Å². The average molecular weight is 154 g/mol. The standard InChI is InChI=1S/C9H18N2/c1-4-9(2)11-7-5-10(3)6-8-11/h2,4-8H2,1,3H3. The lowest BCUT2D eigenvalue weighted by Gasteiger charge is -2.34. The van der Waals surface area contributed by atoms with E-state index in [9.17, 15) is 0 Å². The minimum Gasteiger partial charge on any atom is -0.373 e. The van der Waals surface area contributed by atoms with Gasteiger partial charge in [-0.2, -0.15) is 0 Å². The Labute approximate surface area is 69.5 Å². The van der Waals surface area contributed by atoms with Crippen LogP contribution in [0.2, 0.25) is 0 Å². The van der Waals surface area contributed by atoms with Crippen LogP contribution >= 0.6 is 0 Å². The van der Waals surface area contributed by atoms with E-state index in [0.29, 0.717) is 0 Å². The monoisotopic (exact) mass is 154 g/mol. The predicted octanol–water partition coefficient (Wildman–Crippen LogP) is 1.16. The van der Waals surface area contributed by atoms with Gasteiger partial charge in [-0.05, 0) is 13.5 Å². The van der Waals surface area contributed by atoms with Gasteiger partial charge in [-0.1, -0.05) is 13.5 Å². The first-order chi connectivity index (χ1) is 5.24. The lowest BCUT2D eigenvalue weighted by molar-refractivity contribution is 0.184. The SMILES string of the molecule is C=C(CC)N1CCN(C)CC1. The summed E-state index contributed by atoms with van der Waals surface area (Å²) in [6, 6.07) is 0. The molecule has 0 radical (unpaired) electrons. The van der Waals surface area contributed by atoms with Gasteiger partial charge < -0.3 is 9.80 Å². The summed E-state index contributed by atoms with van der Waals surface area (Å²) in [6.07, 6.45) is 1.09. The molecular weight excluding hydrogens is 136 g/mol. The molecule has 1 aliphatic rings. The second-order valence-corrected chi connectivity index (χ2v) is 3.21. The van der Waals surface area contributed by atoms with Gasteiger partial charge in [0, 0.05) is 31.9 Å². The number of likely N-dealkylation sites (N-methyl/N-ethyl adjacent to an activating group) is 1. The second kappa shape index (κ2) is 3.77. The Bertz CT molecular complexity index is 134. The average Bonchev–Trinajstić information content (AvgIpc) is 2.05. The largest absolute Gasteiger partial charge is 0.373 e. The Hall–Kier alpha value is -0.500. The van der Waals surface area contributed by atoms with Crippen molar-refractivity contribution in [3.05, 3.63) is 12.3 Å². The molecule has 0 amide bonds. The summed E-state index contributed by atoms with van der Waals surface area (Å²) in [6.45, 7) is 10.9. The van der Waals surface area contributed by atoms with Crippen LogP contribution in [-0.2, 0) is 0 Å². The maximum Gasteiger partial charge on any atom is 0.0303 e. The summed E-state index contributed by atoms with van der Waals surface area (Å²) in [4.78, 5) is 4.75. The Morgan fingerprint density at radius 3 is 2.27 bits per heavy atom. The normalized spacial score (nSPS) is 20.4. The van der Waals surface area contributed by atoms with Crippen molar-refractivity contribution in [1.29, 1.82) is 0 Å². The summed E-state index contributed by atoms with van der Waals surface area (Å²) in [5.41, 5.74) is 1.29. The fourth-order valence-electron chi connectivity index (χ4n) is 1.35. The van der Waals surface area contributed by atoms with Gasteiger partial charge in [0.15, 0.2) is 0 Å². The third-order valence-corrected chi connectivity index (χ3v) is 2.36. The van der Waals surface area contributed by atoms with Crippen molar-refractivity contribution in [2.45, 2.75) is 13.3 Å². The summed E-state index contributed by atoms with van der Waals surface area (Å²) in [5.74, 6) is 0. The van der Waals surface area contributed by atoms with E-state index < -0.39 is 0 Å². The number of piperazine rings is 1. The molecule has 0 N–H and O–H groups in total. The van der Waals surface area contributed by atoms with Crippen LogP contribution in [0.3, 0.4) is 0 Å². The lowest BCUT2D eigenvalue weighted by atomic mass is 10.2. The van der Waals surface area contributed by atoms with Gasteiger partial charge in [0.05, 0.1) is 0 Å². The zero-order chi connectivity index (χ0) is 8.27. The fraction of sp³-hybridized carbons (Fsp3) is 0.778. The van der Waals surface area contributed by atoms with E-state index in [0.717, 1.165) is 19.5 Å². The van der Waals surface area contributed by atoms with Crippen molar-refractivity contribution in [3.63, 3.8) is 0 Å². The zero-order valence-electron chi connectivity index (χ0n) is 7.64. The number of rotatable bonds is 2. The van der Waals surface area contributed by atoms with Crippen molar-refractivity contribution in [2.24, 2.45) is 0 Å². The van der Waals surface area contributed by atoms with Crippen LogP contribution in [0, 0.1) is 0 Å². The summed E-state index contributed by atoms with van der Waals surface area (Å²) in [7, 11) is 2.17. The van der Waals surface area contributed by atoms with Crippen LogP contribution in [0.5, 0.6) is 0 Å². The van der Waals surface area contributed by atoms with Crippen molar-refractivity contribution in [2.75, 3.05) is 33.2 Å². The molecule has 0 saturated carbocycles. The Morgan fingerprint density at radius 1 is 1.27 bits per heavy atom. The molecule has 0 spiro atoms. The Balaban J connectivity index is 2.33. The molecular formula is C9H18N2. The molecule has 0 aromatic heterocycles. The molecule has 1 fully saturated rings. The second-order valence-electron chi connectivity index (χ2n) is 3.21. The van der Waals surface area contributed by atoms with Gasteiger partial charge >= 0.3 is 0 Å². The highest BCUT2D eigenvalue weighted by Crippen LogP contribution is 2.08. The van der Waals surface area contributed by atoms with E-state index in [1.807, 2.05) is 0 Å². The van der Waals surface area contributed by atoms with Crippen LogP contribution in [0.1, 0.15) is 13.3 Å². The minimum atomic E-state index is 1.09. The van der Waals surface area contributed by atoms with E-state index >= 15 is 0 Å². The first-order valence-corrected chi connectivity index (χ1v) is 4.35. The molecule has 1 rings (SSSR count). The van der Waals surface area contributed by atoms with E-state index in [4.69, 9.17) is 0 Å². The molecule has 0 aromatic rings. The first kappa shape index (κ1) is 8.60. The van der Waals surface area contributed by atoms with Gasteiger partial charge in [0.25, 0.3) is 0 Å². The number of hydrogen-bond acceptors (Lipinski definition) is 2. The maximum absolute atomic E-state index is 4.03. The lowest BCUT2D eigenvalue weighted by Crippen LogP contribution is -2.43. The Morgan fingerprint density at radius 2 is 1.82 bits per heavy atom. The van der Waals surface area contributed by atoms with Crippen LogP contribution in [-0.4, -0.2) is 43.0 Å².